The number of hydrogen-bond acceptors (Lipinski definition) is 1. The van der Waals surface area contributed by atoms with Crippen molar-refractivity contribution in [2.24, 2.45) is 5.41 Å². The molecule has 1 aromatic heterocycles. The lowest BCUT2D eigenvalue weighted by atomic mass is 9.97. The minimum absolute atomic E-state index is 0.190. The SMILES string of the molecule is CC(C)(C)Cn1ccnc1-c1ccc(F)cc1. The minimum atomic E-state index is -0.220. The van der Waals surface area contributed by atoms with Gasteiger partial charge in [-0.1, -0.05) is 20.8 Å². The molecule has 90 valence electrons. The van der Waals surface area contributed by atoms with Crippen LogP contribution < -0.4 is 0 Å². The Morgan fingerprint density at radius 2 is 1.82 bits per heavy atom. The summed E-state index contributed by atoms with van der Waals surface area (Å²) in [6, 6.07) is 6.45. The van der Waals surface area contributed by atoms with Crippen LogP contribution in [-0.4, -0.2) is 9.55 Å². The van der Waals surface area contributed by atoms with Crippen LogP contribution in [0.4, 0.5) is 4.39 Å². The van der Waals surface area contributed by atoms with Crippen LogP contribution in [0.3, 0.4) is 0 Å². The number of aromatic nitrogens is 2. The number of halogens is 1. The van der Waals surface area contributed by atoms with Gasteiger partial charge in [0.2, 0.25) is 0 Å². The van der Waals surface area contributed by atoms with Gasteiger partial charge in [0.1, 0.15) is 11.6 Å². The predicted molar refractivity (Wildman–Crippen MR) is 67.1 cm³/mol. The van der Waals surface area contributed by atoms with Gasteiger partial charge in [-0.15, -0.1) is 0 Å². The van der Waals surface area contributed by atoms with Crippen LogP contribution in [0.15, 0.2) is 36.7 Å². The maximum Gasteiger partial charge on any atom is 0.139 e. The highest BCUT2D eigenvalue weighted by Crippen LogP contribution is 2.22. The summed E-state index contributed by atoms with van der Waals surface area (Å²) < 4.78 is 15.0. The third-order valence-electron chi connectivity index (χ3n) is 2.46. The summed E-state index contributed by atoms with van der Waals surface area (Å²) in [6.45, 7) is 7.43. The highest BCUT2D eigenvalue weighted by atomic mass is 19.1. The fourth-order valence-corrected chi connectivity index (χ4v) is 1.81. The Morgan fingerprint density at radius 3 is 2.41 bits per heavy atom. The molecule has 0 atom stereocenters. The van der Waals surface area contributed by atoms with E-state index in [0.717, 1.165) is 17.9 Å². The molecule has 0 saturated heterocycles. The van der Waals surface area contributed by atoms with Crippen LogP contribution in [0, 0.1) is 11.2 Å². The molecule has 3 heteroatoms. The Labute approximate surface area is 101 Å². The molecule has 2 nitrogen and oxygen atoms in total. The van der Waals surface area contributed by atoms with E-state index in [1.54, 1.807) is 18.3 Å². The number of rotatable bonds is 2. The first-order valence-corrected chi connectivity index (χ1v) is 5.73. The summed E-state index contributed by atoms with van der Waals surface area (Å²) in [5, 5.41) is 0. The van der Waals surface area contributed by atoms with E-state index in [9.17, 15) is 4.39 Å². The number of nitrogens with zero attached hydrogens (tertiary/aromatic N) is 2. The lowest BCUT2D eigenvalue weighted by molar-refractivity contribution is 0.345. The summed E-state index contributed by atoms with van der Waals surface area (Å²) >= 11 is 0. The Bertz CT molecular complexity index is 492. The van der Waals surface area contributed by atoms with E-state index >= 15 is 0 Å². The van der Waals surface area contributed by atoms with E-state index in [-0.39, 0.29) is 11.2 Å². The van der Waals surface area contributed by atoms with Gasteiger partial charge in [0.15, 0.2) is 0 Å². The van der Waals surface area contributed by atoms with Gasteiger partial charge in [-0.2, -0.15) is 0 Å². The van der Waals surface area contributed by atoms with Crippen LogP contribution in [0.2, 0.25) is 0 Å². The first-order chi connectivity index (χ1) is 7.96. The highest BCUT2D eigenvalue weighted by molar-refractivity contribution is 5.55. The van der Waals surface area contributed by atoms with E-state index in [4.69, 9.17) is 0 Å². The average Bonchev–Trinajstić information content (AvgIpc) is 2.64. The molecule has 0 radical (unpaired) electrons. The number of benzene rings is 1. The lowest BCUT2D eigenvalue weighted by Crippen LogP contribution is -2.15. The smallest absolute Gasteiger partial charge is 0.139 e. The second kappa shape index (κ2) is 4.32. The van der Waals surface area contributed by atoms with Gasteiger partial charge in [-0.3, -0.25) is 0 Å². The fourth-order valence-electron chi connectivity index (χ4n) is 1.81. The van der Waals surface area contributed by atoms with Gasteiger partial charge in [0.05, 0.1) is 0 Å². The molecule has 0 spiro atoms. The van der Waals surface area contributed by atoms with E-state index in [1.165, 1.54) is 12.1 Å². The standard InChI is InChI=1S/C14H17FN2/c1-14(2,3)10-17-9-8-16-13(17)11-4-6-12(15)7-5-11/h4-9H,10H2,1-3H3. The van der Waals surface area contributed by atoms with Crippen LogP contribution in [0.25, 0.3) is 11.4 Å². The van der Waals surface area contributed by atoms with E-state index in [0.29, 0.717) is 0 Å². The second-order valence-electron chi connectivity index (χ2n) is 5.45. The first-order valence-electron chi connectivity index (χ1n) is 5.73. The molecule has 0 unspecified atom stereocenters. The van der Waals surface area contributed by atoms with Crippen molar-refractivity contribution in [3.05, 3.63) is 42.5 Å². The Hall–Kier alpha value is -1.64. The first kappa shape index (κ1) is 11.8. The van der Waals surface area contributed by atoms with Crippen LogP contribution >= 0.6 is 0 Å². The zero-order valence-corrected chi connectivity index (χ0v) is 10.4. The number of hydrogen-bond donors (Lipinski definition) is 0. The zero-order chi connectivity index (χ0) is 12.5. The van der Waals surface area contributed by atoms with Gasteiger partial charge >= 0.3 is 0 Å². The van der Waals surface area contributed by atoms with Crippen molar-refractivity contribution in [2.45, 2.75) is 27.3 Å². The molecule has 1 aromatic carbocycles. The highest BCUT2D eigenvalue weighted by Gasteiger charge is 2.14. The molecular weight excluding hydrogens is 215 g/mol. The van der Waals surface area contributed by atoms with Crippen molar-refractivity contribution >= 4 is 0 Å². The maximum absolute atomic E-state index is 12.9. The zero-order valence-electron chi connectivity index (χ0n) is 10.4. The van der Waals surface area contributed by atoms with Crippen molar-refractivity contribution in [3.63, 3.8) is 0 Å². The van der Waals surface area contributed by atoms with E-state index in [1.807, 2.05) is 6.20 Å². The predicted octanol–water partition coefficient (Wildman–Crippen LogP) is 3.74. The third kappa shape index (κ3) is 2.93. The average molecular weight is 232 g/mol. The topological polar surface area (TPSA) is 17.8 Å². The Balaban J connectivity index is 2.33. The summed E-state index contributed by atoms with van der Waals surface area (Å²) in [4.78, 5) is 4.34. The van der Waals surface area contributed by atoms with Crippen molar-refractivity contribution < 1.29 is 4.39 Å². The summed E-state index contributed by atoms with van der Waals surface area (Å²) in [6.07, 6.45) is 3.74. The van der Waals surface area contributed by atoms with Crippen molar-refractivity contribution in [2.75, 3.05) is 0 Å². The molecule has 1 heterocycles. The molecular formula is C14H17FN2. The lowest BCUT2D eigenvalue weighted by Gasteiger charge is -2.20. The van der Waals surface area contributed by atoms with Crippen molar-refractivity contribution in [1.82, 2.24) is 9.55 Å². The van der Waals surface area contributed by atoms with Gasteiger partial charge in [-0.05, 0) is 29.7 Å². The molecule has 17 heavy (non-hydrogen) atoms. The fraction of sp³-hybridized carbons (Fsp3) is 0.357. The quantitative estimate of drug-likeness (QED) is 0.771. The molecule has 0 saturated carbocycles. The van der Waals surface area contributed by atoms with Gasteiger partial charge in [0, 0.05) is 24.5 Å². The molecule has 0 bridgehead atoms. The molecule has 0 aliphatic heterocycles. The monoisotopic (exact) mass is 232 g/mol. The summed E-state index contributed by atoms with van der Waals surface area (Å²) in [5.74, 6) is 0.669. The minimum Gasteiger partial charge on any atom is -0.330 e. The van der Waals surface area contributed by atoms with E-state index in [2.05, 4.69) is 30.3 Å². The molecule has 0 amide bonds. The molecule has 0 aliphatic carbocycles. The number of imidazole rings is 1. The van der Waals surface area contributed by atoms with E-state index < -0.39 is 0 Å². The maximum atomic E-state index is 12.9. The molecule has 2 rings (SSSR count). The molecule has 0 aliphatic rings. The Kier molecular flexibility index (Phi) is 3.01. The van der Waals surface area contributed by atoms with Gasteiger partial charge in [-0.25, -0.2) is 9.37 Å². The third-order valence-corrected chi connectivity index (χ3v) is 2.46. The van der Waals surface area contributed by atoms with Gasteiger partial charge < -0.3 is 4.57 Å². The van der Waals surface area contributed by atoms with Gasteiger partial charge in [0.25, 0.3) is 0 Å². The van der Waals surface area contributed by atoms with Crippen molar-refractivity contribution in [1.29, 1.82) is 0 Å². The Morgan fingerprint density at radius 1 is 1.18 bits per heavy atom. The normalized spacial score (nSPS) is 11.8. The van der Waals surface area contributed by atoms with Crippen LogP contribution in [-0.2, 0) is 6.54 Å². The largest absolute Gasteiger partial charge is 0.330 e. The molecule has 2 aromatic rings. The summed E-state index contributed by atoms with van der Waals surface area (Å²) in [5.41, 5.74) is 1.14. The van der Waals surface area contributed by atoms with Crippen LogP contribution in [0.5, 0.6) is 0 Å². The van der Waals surface area contributed by atoms with Crippen LogP contribution in [0.1, 0.15) is 20.8 Å². The summed E-state index contributed by atoms with van der Waals surface area (Å²) in [7, 11) is 0. The molecule has 0 N–H and O–H groups in total. The van der Waals surface area contributed by atoms with Crippen molar-refractivity contribution in [3.8, 4) is 11.4 Å². The second-order valence-corrected chi connectivity index (χ2v) is 5.45. The molecule has 0 fully saturated rings.